The van der Waals surface area contributed by atoms with Crippen molar-refractivity contribution in [1.82, 2.24) is 14.8 Å². The van der Waals surface area contributed by atoms with Crippen LogP contribution in [0.1, 0.15) is 0 Å². The normalized spacial score (nSPS) is 18.1. The molecule has 2 aromatic rings. The number of hydrogen-bond acceptors (Lipinski definition) is 4. The van der Waals surface area contributed by atoms with Crippen molar-refractivity contribution in [2.75, 3.05) is 13.2 Å². The summed E-state index contributed by atoms with van der Waals surface area (Å²) in [5.74, 6) is 1.57. The third kappa shape index (κ3) is 2.45. The largest absolute Gasteiger partial charge is 0.491 e. The van der Waals surface area contributed by atoms with Gasteiger partial charge >= 0.3 is 0 Å². The van der Waals surface area contributed by atoms with E-state index >= 15 is 0 Å². The molecule has 0 N–H and O–H groups in total. The Morgan fingerprint density at radius 3 is 2.76 bits per heavy atom. The number of ether oxygens (including phenoxy) is 2. The first-order valence-corrected chi connectivity index (χ1v) is 5.52. The monoisotopic (exact) mass is 231 g/mol. The van der Waals surface area contributed by atoms with Crippen LogP contribution in [-0.2, 0) is 11.8 Å². The molecule has 0 radical (unpaired) electrons. The van der Waals surface area contributed by atoms with Gasteiger partial charge in [0.1, 0.15) is 24.8 Å². The second kappa shape index (κ2) is 4.18. The zero-order chi connectivity index (χ0) is 11.7. The van der Waals surface area contributed by atoms with Crippen molar-refractivity contribution in [3.05, 3.63) is 30.6 Å². The van der Waals surface area contributed by atoms with Gasteiger partial charge in [0.25, 0.3) is 0 Å². The summed E-state index contributed by atoms with van der Waals surface area (Å²) in [7, 11) is 1.85. The molecule has 1 aliphatic rings. The van der Waals surface area contributed by atoms with Crippen LogP contribution in [0.15, 0.2) is 30.6 Å². The second-order valence-corrected chi connectivity index (χ2v) is 4.03. The highest BCUT2D eigenvalue weighted by atomic mass is 16.6. The van der Waals surface area contributed by atoms with Crippen LogP contribution in [0.2, 0.25) is 0 Å². The van der Waals surface area contributed by atoms with Gasteiger partial charge in [0.05, 0.1) is 6.61 Å². The van der Waals surface area contributed by atoms with E-state index in [1.807, 2.05) is 31.3 Å². The number of hydrogen-bond donors (Lipinski definition) is 0. The van der Waals surface area contributed by atoms with E-state index in [9.17, 15) is 0 Å². The van der Waals surface area contributed by atoms with Crippen LogP contribution >= 0.6 is 0 Å². The van der Waals surface area contributed by atoms with Gasteiger partial charge in [0, 0.05) is 12.6 Å². The number of nitrogens with zero attached hydrogens (tertiary/aromatic N) is 3. The Morgan fingerprint density at radius 1 is 1.41 bits per heavy atom. The van der Waals surface area contributed by atoms with E-state index in [4.69, 9.17) is 9.47 Å². The summed E-state index contributed by atoms with van der Waals surface area (Å²) < 4.78 is 12.3. The third-order valence-electron chi connectivity index (χ3n) is 2.55. The lowest BCUT2D eigenvalue weighted by Crippen LogP contribution is -2.03. The maximum Gasteiger partial charge on any atom is 0.181 e. The highest BCUT2D eigenvalue weighted by molar-refractivity contribution is 5.55. The smallest absolute Gasteiger partial charge is 0.181 e. The standard InChI is InChI=1S/C12H13N3O2/c1-15-8-13-12(14-15)9-2-4-10(5-3-9)16-6-11-7-17-11/h2-5,8,11H,6-7H2,1H3. The maximum atomic E-state index is 5.55. The Kier molecular flexibility index (Phi) is 2.53. The van der Waals surface area contributed by atoms with E-state index < -0.39 is 0 Å². The predicted molar refractivity (Wildman–Crippen MR) is 61.7 cm³/mol. The average molecular weight is 231 g/mol. The van der Waals surface area contributed by atoms with Crippen molar-refractivity contribution in [3.63, 3.8) is 0 Å². The fourth-order valence-corrected chi connectivity index (χ4v) is 1.53. The first kappa shape index (κ1) is 10.3. The fourth-order valence-electron chi connectivity index (χ4n) is 1.53. The summed E-state index contributed by atoms with van der Waals surface area (Å²) in [6, 6.07) is 7.76. The number of benzene rings is 1. The Hall–Kier alpha value is -1.88. The summed E-state index contributed by atoms with van der Waals surface area (Å²) >= 11 is 0. The Morgan fingerprint density at radius 2 is 2.18 bits per heavy atom. The lowest BCUT2D eigenvalue weighted by molar-refractivity contribution is 0.263. The summed E-state index contributed by atoms with van der Waals surface area (Å²) in [4.78, 5) is 4.19. The maximum absolute atomic E-state index is 5.55. The molecule has 0 bridgehead atoms. The zero-order valence-electron chi connectivity index (χ0n) is 9.54. The first-order chi connectivity index (χ1) is 8.31. The van der Waals surface area contributed by atoms with Crippen molar-refractivity contribution < 1.29 is 9.47 Å². The van der Waals surface area contributed by atoms with Crippen molar-refractivity contribution in [3.8, 4) is 17.1 Å². The van der Waals surface area contributed by atoms with Gasteiger partial charge in [0.2, 0.25) is 0 Å². The highest BCUT2D eigenvalue weighted by Crippen LogP contribution is 2.20. The zero-order valence-corrected chi connectivity index (χ0v) is 9.54. The van der Waals surface area contributed by atoms with Gasteiger partial charge in [-0.2, -0.15) is 5.10 Å². The number of rotatable bonds is 4. The molecule has 0 amide bonds. The lowest BCUT2D eigenvalue weighted by atomic mass is 10.2. The van der Waals surface area contributed by atoms with Crippen LogP contribution in [0.3, 0.4) is 0 Å². The highest BCUT2D eigenvalue weighted by Gasteiger charge is 2.22. The Bertz CT molecular complexity index is 503. The van der Waals surface area contributed by atoms with E-state index in [0.29, 0.717) is 6.61 Å². The van der Waals surface area contributed by atoms with Crippen molar-refractivity contribution in [1.29, 1.82) is 0 Å². The van der Waals surface area contributed by atoms with Gasteiger partial charge in [-0.05, 0) is 24.3 Å². The van der Waals surface area contributed by atoms with Crippen LogP contribution in [0.4, 0.5) is 0 Å². The van der Waals surface area contributed by atoms with Crippen LogP contribution in [-0.4, -0.2) is 34.1 Å². The van der Waals surface area contributed by atoms with Crippen molar-refractivity contribution in [2.24, 2.45) is 7.05 Å². The molecule has 1 saturated heterocycles. The van der Waals surface area contributed by atoms with Gasteiger partial charge in [-0.1, -0.05) is 0 Å². The summed E-state index contributed by atoms with van der Waals surface area (Å²) in [5, 5.41) is 4.24. The van der Waals surface area contributed by atoms with Gasteiger partial charge in [-0.3, -0.25) is 4.68 Å². The quantitative estimate of drug-likeness (QED) is 0.743. The lowest BCUT2D eigenvalue weighted by Gasteiger charge is -2.04. The molecule has 3 rings (SSSR count). The molecule has 1 aromatic carbocycles. The molecule has 0 spiro atoms. The molecule has 1 atom stereocenters. The van der Waals surface area contributed by atoms with Gasteiger partial charge < -0.3 is 9.47 Å². The van der Waals surface area contributed by atoms with Crippen molar-refractivity contribution in [2.45, 2.75) is 6.10 Å². The molecule has 1 fully saturated rings. The molecular weight excluding hydrogens is 218 g/mol. The molecule has 17 heavy (non-hydrogen) atoms. The summed E-state index contributed by atoms with van der Waals surface area (Å²) in [6.45, 7) is 1.44. The molecule has 5 nitrogen and oxygen atoms in total. The van der Waals surface area contributed by atoms with E-state index in [1.54, 1.807) is 11.0 Å². The SMILES string of the molecule is Cn1cnc(-c2ccc(OCC3CO3)cc2)n1. The summed E-state index contributed by atoms with van der Waals surface area (Å²) in [5.41, 5.74) is 0.987. The Labute approximate surface area is 99.0 Å². The minimum atomic E-state index is 0.284. The molecule has 88 valence electrons. The average Bonchev–Trinajstić information content (AvgIpc) is 3.09. The van der Waals surface area contributed by atoms with Crippen molar-refractivity contribution >= 4 is 0 Å². The minimum Gasteiger partial charge on any atom is -0.491 e. The van der Waals surface area contributed by atoms with Gasteiger partial charge in [-0.25, -0.2) is 4.98 Å². The molecule has 2 heterocycles. The molecule has 1 aromatic heterocycles. The van der Waals surface area contributed by atoms with E-state index in [2.05, 4.69) is 10.1 Å². The van der Waals surface area contributed by atoms with E-state index in [0.717, 1.165) is 23.7 Å². The summed E-state index contributed by atoms with van der Waals surface area (Å²) in [6.07, 6.45) is 1.97. The molecule has 1 aliphatic heterocycles. The molecule has 0 saturated carbocycles. The van der Waals surface area contributed by atoms with Crippen LogP contribution < -0.4 is 4.74 Å². The van der Waals surface area contributed by atoms with Gasteiger partial charge in [0.15, 0.2) is 5.82 Å². The first-order valence-electron chi connectivity index (χ1n) is 5.52. The number of aromatic nitrogens is 3. The predicted octanol–water partition coefficient (Wildman–Crippen LogP) is 1.26. The fraction of sp³-hybridized carbons (Fsp3) is 0.333. The minimum absolute atomic E-state index is 0.284. The number of aryl methyl sites for hydroxylation is 1. The third-order valence-corrected chi connectivity index (χ3v) is 2.55. The Balaban J connectivity index is 1.70. The van der Waals surface area contributed by atoms with E-state index in [-0.39, 0.29) is 6.10 Å². The topological polar surface area (TPSA) is 52.5 Å². The molecular formula is C12H13N3O2. The number of epoxide rings is 1. The van der Waals surface area contributed by atoms with Crippen LogP contribution in [0.5, 0.6) is 5.75 Å². The van der Waals surface area contributed by atoms with Crippen LogP contribution in [0, 0.1) is 0 Å². The van der Waals surface area contributed by atoms with E-state index in [1.165, 1.54) is 0 Å². The molecule has 5 heteroatoms. The molecule has 0 aliphatic carbocycles. The molecule has 1 unspecified atom stereocenters. The van der Waals surface area contributed by atoms with Crippen LogP contribution in [0.25, 0.3) is 11.4 Å². The van der Waals surface area contributed by atoms with Gasteiger partial charge in [-0.15, -0.1) is 0 Å². The second-order valence-electron chi connectivity index (χ2n) is 4.03.